The third-order valence-electron chi connectivity index (χ3n) is 2.33. The minimum atomic E-state index is 0.145. The summed E-state index contributed by atoms with van der Waals surface area (Å²) < 4.78 is 1.13. The van der Waals surface area contributed by atoms with Gasteiger partial charge in [-0.1, -0.05) is 15.9 Å². The molecule has 90 valence electrons. The van der Waals surface area contributed by atoms with Crippen molar-refractivity contribution in [3.8, 4) is 0 Å². The average Bonchev–Trinajstić information content (AvgIpc) is 2.13. The number of hydrogen-bond donors (Lipinski definition) is 1. The predicted molar refractivity (Wildman–Crippen MR) is 75.1 cm³/mol. The van der Waals surface area contributed by atoms with Gasteiger partial charge in [0.15, 0.2) is 0 Å². The van der Waals surface area contributed by atoms with Crippen LogP contribution in [0.1, 0.15) is 26.3 Å². The Hall–Kier alpha value is -0.540. The first kappa shape index (κ1) is 13.5. The van der Waals surface area contributed by atoms with E-state index < -0.39 is 0 Å². The van der Waals surface area contributed by atoms with Gasteiger partial charge in [-0.15, -0.1) is 0 Å². The van der Waals surface area contributed by atoms with Crippen LogP contribution in [0.15, 0.2) is 22.7 Å². The van der Waals surface area contributed by atoms with Crippen LogP contribution < -0.4 is 10.2 Å². The number of nitrogens with zero attached hydrogens (tertiary/aromatic N) is 1. The van der Waals surface area contributed by atoms with Gasteiger partial charge in [0.1, 0.15) is 0 Å². The summed E-state index contributed by atoms with van der Waals surface area (Å²) in [5.41, 5.74) is 2.72. The van der Waals surface area contributed by atoms with E-state index in [1.807, 2.05) is 0 Å². The van der Waals surface area contributed by atoms with Crippen molar-refractivity contribution in [1.82, 2.24) is 5.32 Å². The fraction of sp³-hybridized carbons (Fsp3) is 0.538. The third-order valence-corrected chi connectivity index (χ3v) is 2.83. The molecule has 0 saturated carbocycles. The zero-order valence-corrected chi connectivity index (χ0v) is 12.4. The minimum Gasteiger partial charge on any atom is -0.377 e. The first-order valence-corrected chi connectivity index (χ1v) is 6.30. The van der Waals surface area contributed by atoms with E-state index in [2.05, 4.69) is 79.2 Å². The van der Waals surface area contributed by atoms with Gasteiger partial charge in [-0.3, -0.25) is 0 Å². The largest absolute Gasteiger partial charge is 0.377 e. The first-order chi connectivity index (χ1) is 7.29. The Kier molecular flexibility index (Phi) is 4.39. The van der Waals surface area contributed by atoms with Crippen LogP contribution >= 0.6 is 15.9 Å². The van der Waals surface area contributed by atoms with Crippen molar-refractivity contribution in [2.45, 2.75) is 32.9 Å². The maximum Gasteiger partial charge on any atom is 0.0407 e. The zero-order chi connectivity index (χ0) is 12.3. The minimum absolute atomic E-state index is 0.145. The molecule has 0 heterocycles. The van der Waals surface area contributed by atoms with Gasteiger partial charge < -0.3 is 10.2 Å². The molecule has 16 heavy (non-hydrogen) atoms. The lowest BCUT2D eigenvalue weighted by molar-refractivity contribution is 0.424. The second-order valence-corrected chi connectivity index (χ2v) is 6.19. The van der Waals surface area contributed by atoms with Gasteiger partial charge in [0.25, 0.3) is 0 Å². The molecule has 0 aromatic heterocycles. The second-order valence-electron chi connectivity index (χ2n) is 5.27. The highest BCUT2D eigenvalue weighted by Gasteiger charge is 2.11. The summed E-state index contributed by atoms with van der Waals surface area (Å²) in [6.45, 7) is 7.43. The molecule has 0 atom stereocenters. The summed E-state index contributed by atoms with van der Waals surface area (Å²) >= 11 is 3.52. The molecule has 0 aliphatic heterocycles. The molecule has 1 N–H and O–H groups in total. The molecule has 0 aliphatic rings. The standard InChI is InChI=1S/C13H21BrN2/c1-13(2,3)15-9-10-8-11(14)6-7-12(10)16(4)5/h6-8,15H,9H2,1-5H3. The van der Waals surface area contributed by atoms with E-state index >= 15 is 0 Å². The Morgan fingerprint density at radius 2 is 1.88 bits per heavy atom. The number of anilines is 1. The predicted octanol–water partition coefficient (Wildman–Crippen LogP) is 3.40. The monoisotopic (exact) mass is 284 g/mol. The van der Waals surface area contributed by atoms with Gasteiger partial charge >= 0.3 is 0 Å². The van der Waals surface area contributed by atoms with Crippen molar-refractivity contribution in [3.63, 3.8) is 0 Å². The molecule has 1 aromatic rings. The van der Waals surface area contributed by atoms with Crippen LogP contribution in [0.4, 0.5) is 5.69 Å². The number of hydrogen-bond acceptors (Lipinski definition) is 2. The SMILES string of the molecule is CN(C)c1ccc(Br)cc1CNC(C)(C)C. The lowest BCUT2D eigenvalue weighted by Crippen LogP contribution is -2.35. The van der Waals surface area contributed by atoms with Gasteiger partial charge in [-0.2, -0.15) is 0 Å². The highest BCUT2D eigenvalue weighted by atomic mass is 79.9. The second kappa shape index (κ2) is 5.19. The molecule has 0 spiro atoms. The smallest absolute Gasteiger partial charge is 0.0407 e. The molecule has 0 fully saturated rings. The summed E-state index contributed by atoms with van der Waals surface area (Å²) in [6.07, 6.45) is 0. The Morgan fingerprint density at radius 1 is 1.25 bits per heavy atom. The molecule has 3 heteroatoms. The van der Waals surface area contributed by atoms with Crippen molar-refractivity contribution in [1.29, 1.82) is 0 Å². The van der Waals surface area contributed by atoms with E-state index in [1.54, 1.807) is 0 Å². The Labute approximate surface area is 107 Å². The highest BCUT2D eigenvalue weighted by Crippen LogP contribution is 2.23. The number of nitrogens with one attached hydrogen (secondary N) is 1. The van der Waals surface area contributed by atoms with Crippen LogP contribution in [0.3, 0.4) is 0 Å². The van der Waals surface area contributed by atoms with Crippen LogP contribution in [0.2, 0.25) is 0 Å². The molecular formula is C13H21BrN2. The molecular weight excluding hydrogens is 264 g/mol. The van der Waals surface area contributed by atoms with Crippen molar-refractivity contribution in [3.05, 3.63) is 28.2 Å². The van der Waals surface area contributed by atoms with Gasteiger partial charge in [-0.25, -0.2) is 0 Å². The molecule has 0 unspecified atom stereocenters. The third kappa shape index (κ3) is 4.14. The fourth-order valence-electron chi connectivity index (χ4n) is 1.49. The van der Waals surface area contributed by atoms with Gasteiger partial charge in [0, 0.05) is 36.3 Å². The molecule has 1 aromatic carbocycles. The maximum atomic E-state index is 3.52. The molecule has 0 amide bonds. The van der Waals surface area contributed by atoms with Crippen LogP contribution in [-0.4, -0.2) is 19.6 Å². The number of rotatable bonds is 3. The zero-order valence-electron chi connectivity index (χ0n) is 10.8. The highest BCUT2D eigenvalue weighted by molar-refractivity contribution is 9.10. The number of benzene rings is 1. The molecule has 0 saturated heterocycles. The molecule has 2 nitrogen and oxygen atoms in total. The van der Waals surface area contributed by atoms with Crippen LogP contribution in [0, 0.1) is 0 Å². The Bertz CT molecular complexity index is 353. The molecule has 0 aliphatic carbocycles. The van der Waals surface area contributed by atoms with Crippen LogP contribution in [0.5, 0.6) is 0 Å². The van der Waals surface area contributed by atoms with Crippen molar-refractivity contribution in [2.75, 3.05) is 19.0 Å². The summed E-state index contributed by atoms with van der Waals surface area (Å²) in [7, 11) is 4.15. The molecule has 1 rings (SSSR count). The van der Waals surface area contributed by atoms with Crippen molar-refractivity contribution < 1.29 is 0 Å². The Balaban J connectivity index is 2.88. The van der Waals surface area contributed by atoms with E-state index in [0.717, 1.165) is 11.0 Å². The summed E-state index contributed by atoms with van der Waals surface area (Å²) in [5, 5.41) is 3.51. The van der Waals surface area contributed by atoms with Crippen molar-refractivity contribution >= 4 is 21.6 Å². The lowest BCUT2D eigenvalue weighted by atomic mass is 10.1. The van der Waals surface area contributed by atoms with Gasteiger partial charge in [-0.05, 0) is 44.5 Å². The maximum absolute atomic E-state index is 3.52. The van der Waals surface area contributed by atoms with Gasteiger partial charge in [0.05, 0.1) is 0 Å². The van der Waals surface area contributed by atoms with E-state index in [-0.39, 0.29) is 5.54 Å². The van der Waals surface area contributed by atoms with Gasteiger partial charge in [0.2, 0.25) is 0 Å². The van der Waals surface area contributed by atoms with Crippen LogP contribution in [0.25, 0.3) is 0 Å². The topological polar surface area (TPSA) is 15.3 Å². The normalized spacial score (nSPS) is 11.6. The lowest BCUT2D eigenvalue weighted by Gasteiger charge is -2.23. The first-order valence-electron chi connectivity index (χ1n) is 5.50. The molecule has 0 bridgehead atoms. The van der Waals surface area contributed by atoms with Crippen LogP contribution in [-0.2, 0) is 6.54 Å². The fourth-order valence-corrected chi connectivity index (χ4v) is 1.90. The van der Waals surface area contributed by atoms with E-state index in [4.69, 9.17) is 0 Å². The average molecular weight is 285 g/mol. The summed E-state index contributed by atoms with van der Waals surface area (Å²) in [6, 6.07) is 6.40. The van der Waals surface area contributed by atoms with E-state index in [0.29, 0.717) is 0 Å². The van der Waals surface area contributed by atoms with Crippen molar-refractivity contribution in [2.24, 2.45) is 0 Å². The quantitative estimate of drug-likeness (QED) is 0.915. The molecule has 0 radical (unpaired) electrons. The van der Waals surface area contributed by atoms with E-state index in [9.17, 15) is 0 Å². The Morgan fingerprint density at radius 3 is 2.38 bits per heavy atom. The number of halogens is 1. The summed E-state index contributed by atoms with van der Waals surface area (Å²) in [5.74, 6) is 0. The van der Waals surface area contributed by atoms with E-state index in [1.165, 1.54) is 11.3 Å². The summed E-state index contributed by atoms with van der Waals surface area (Å²) in [4.78, 5) is 2.14.